The Morgan fingerprint density at radius 2 is 1.90 bits per heavy atom. The van der Waals surface area contributed by atoms with Crippen molar-refractivity contribution in [2.45, 2.75) is 58.0 Å². The number of aryl methyl sites for hydroxylation is 1. The number of amides is 2. The second kappa shape index (κ2) is 9.33. The van der Waals surface area contributed by atoms with E-state index in [9.17, 15) is 9.59 Å². The van der Waals surface area contributed by atoms with Crippen LogP contribution < -0.4 is 10.1 Å². The maximum Gasteiger partial charge on any atom is 0.258 e. The van der Waals surface area contributed by atoms with Gasteiger partial charge in [0.25, 0.3) is 11.8 Å². The zero-order valence-corrected chi connectivity index (χ0v) is 17.7. The normalized spacial score (nSPS) is 16.8. The molecule has 0 atom stereocenters. The van der Waals surface area contributed by atoms with E-state index in [-0.39, 0.29) is 24.5 Å². The first-order valence-electron chi connectivity index (χ1n) is 11.0. The summed E-state index contributed by atoms with van der Waals surface area (Å²) >= 11 is 0. The molecule has 0 aromatic heterocycles. The molecule has 30 heavy (non-hydrogen) atoms. The molecule has 0 unspecified atom stereocenters. The molecule has 5 nitrogen and oxygen atoms in total. The van der Waals surface area contributed by atoms with Gasteiger partial charge in [0.1, 0.15) is 5.75 Å². The second-order valence-electron chi connectivity index (χ2n) is 8.38. The van der Waals surface area contributed by atoms with Crippen LogP contribution in [0.5, 0.6) is 5.75 Å². The van der Waals surface area contributed by atoms with Crippen LogP contribution >= 0.6 is 0 Å². The van der Waals surface area contributed by atoms with Crippen LogP contribution in [0.25, 0.3) is 0 Å². The number of nitrogens with zero attached hydrogens (tertiary/aromatic N) is 1. The van der Waals surface area contributed by atoms with Crippen molar-refractivity contribution >= 4 is 11.8 Å². The Morgan fingerprint density at radius 1 is 1.10 bits per heavy atom. The van der Waals surface area contributed by atoms with Gasteiger partial charge < -0.3 is 15.0 Å². The molecule has 0 saturated heterocycles. The highest BCUT2D eigenvalue weighted by atomic mass is 16.5. The van der Waals surface area contributed by atoms with E-state index in [0.717, 1.165) is 24.8 Å². The van der Waals surface area contributed by atoms with Crippen molar-refractivity contribution < 1.29 is 14.3 Å². The number of rotatable bonds is 6. The number of benzene rings is 2. The Morgan fingerprint density at radius 3 is 2.70 bits per heavy atom. The standard InChI is InChI=1S/C25H30N2O3/c1-18-8-5-6-9-19(18)16-27-15-14-21-22(25(27)29)12-7-13-23(21)30-17-24(28)26-20-10-3-2-4-11-20/h5-9,12-13,20H,2-4,10-11,14-17H2,1H3,(H,26,28). The van der Waals surface area contributed by atoms with Crippen LogP contribution in [0, 0.1) is 6.92 Å². The molecule has 2 aliphatic rings. The lowest BCUT2D eigenvalue weighted by Crippen LogP contribution is -2.39. The Bertz CT molecular complexity index is 918. The number of hydrogen-bond donors (Lipinski definition) is 1. The van der Waals surface area contributed by atoms with Crippen LogP contribution in [-0.4, -0.2) is 35.9 Å². The number of ether oxygens (including phenoxy) is 1. The van der Waals surface area contributed by atoms with E-state index >= 15 is 0 Å². The van der Waals surface area contributed by atoms with Crippen LogP contribution in [0.2, 0.25) is 0 Å². The lowest BCUT2D eigenvalue weighted by Gasteiger charge is -2.30. The van der Waals surface area contributed by atoms with E-state index < -0.39 is 0 Å². The third-order valence-corrected chi connectivity index (χ3v) is 6.23. The molecule has 4 rings (SSSR count). The van der Waals surface area contributed by atoms with Gasteiger partial charge in [-0.1, -0.05) is 49.6 Å². The minimum Gasteiger partial charge on any atom is -0.483 e. The third kappa shape index (κ3) is 4.66. The molecule has 1 fully saturated rings. The van der Waals surface area contributed by atoms with Crippen molar-refractivity contribution in [1.82, 2.24) is 10.2 Å². The first-order valence-corrected chi connectivity index (χ1v) is 11.0. The number of fused-ring (bicyclic) bond motifs is 1. The summed E-state index contributed by atoms with van der Waals surface area (Å²) in [6.07, 6.45) is 6.45. The smallest absolute Gasteiger partial charge is 0.258 e. The molecule has 1 saturated carbocycles. The average Bonchev–Trinajstić information content (AvgIpc) is 2.76. The summed E-state index contributed by atoms with van der Waals surface area (Å²) < 4.78 is 5.85. The highest BCUT2D eigenvalue weighted by Crippen LogP contribution is 2.29. The number of carbonyl (C=O) groups is 2. The second-order valence-corrected chi connectivity index (χ2v) is 8.38. The van der Waals surface area contributed by atoms with Gasteiger partial charge in [0.05, 0.1) is 0 Å². The average molecular weight is 407 g/mol. The summed E-state index contributed by atoms with van der Waals surface area (Å²) in [5, 5.41) is 3.08. The van der Waals surface area contributed by atoms with Gasteiger partial charge in [-0.2, -0.15) is 0 Å². The van der Waals surface area contributed by atoms with Crippen molar-refractivity contribution in [1.29, 1.82) is 0 Å². The fraction of sp³-hybridized carbons (Fsp3) is 0.440. The van der Waals surface area contributed by atoms with Gasteiger partial charge >= 0.3 is 0 Å². The van der Waals surface area contributed by atoms with Crippen LogP contribution in [0.3, 0.4) is 0 Å². The van der Waals surface area contributed by atoms with Gasteiger partial charge in [-0.15, -0.1) is 0 Å². The number of nitrogens with one attached hydrogen (secondary N) is 1. The molecule has 0 bridgehead atoms. The quantitative estimate of drug-likeness (QED) is 0.788. The number of carbonyl (C=O) groups excluding carboxylic acids is 2. The van der Waals surface area contributed by atoms with Gasteiger partial charge in [0.15, 0.2) is 6.61 Å². The highest BCUT2D eigenvalue weighted by molar-refractivity contribution is 5.97. The minimum absolute atomic E-state index is 0.00588. The first-order chi connectivity index (χ1) is 14.6. The van der Waals surface area contributed by atoms with Crippen LogP contribution in [0.4, 0.5) is 0 Å². The number of hydrogen-bond acceptors (Lipinski definition) is 3. The first kappa shape index (κ1) is 20.5. The fourth-order valence-electron chi connectivity index (χ4n) is 4.48. The Labute approximate surface area is 178 Å². The topological polar surface area (TPSA) is 58.6 Å². The van der Waals surface area contributed by atoms with Crippen molar-refractivity contribution in [3.63, 3.8) is 0 Å². The summed E-state index contributed by atoms with van der Waals surface area (Å²) in [5.41, 5.74) is 3.95. The Balaban J connectivity index is 1.40. The maximum atomic E-state index is 13.1. The minimum atomic E-state index is -0.0807. The van der Waals surface area contributed by atoms with Crippen molar-refractivity contribution in [3.8, 4) is 5.75 Å². The third-order valence-electron chi connectivity index (χ3n) is 6.23. The van der Waals surface area contributed by atoms with Crippen molar-refractivity contribution in [2.24, 2.45) is 0 Å². The lowest BCUT2D eigenvalue weighted by molar-refractivity contribution is -0.124. The van der Waals surface area contributed by atoms with Crippen LogP contribution in [-0.2, 0) is 17.8 Å². The molecule has 1 aliphatic carbocycles. The Kier molecular flexibility index (Phi) is 6.36. The van der Waals surface area contributed by atoms with Gasteiger partial charge in [-0.3, -0.25) is 9.59 Å². The molecule has 1 heterocycles. The van der Waals surface area contributed by atoms with Crippen molar-refractivity contribution in [3.05, 3.63) is 64.7 Å². The van der Waals surface area contributed by atoms with Gasteiger partial charge in [-0.25, -0.2) is 0 Å². The summed E-state index contributed by atoms with van der Waals surface area (Å²) in [6, 6.07) is 14.0. The van der Waals surface area contributed by atoms with Gasteiger partial charge in [0, 0.05) is 30.3 Å². The largest absolute Gasteiger partial charge is 0.483 e. The molecule has 2 amide bonds. The zero-order chi connectivity index (χ0) is 20.9. The molecule has 2 aromatic carbocycles. The summed E-state index contributed by atoms with van der Waals surface area (Å²) in [4.78, 5) is 27.3. The van der Waals surface area contributed by atoms with E-state index in [0.29, 0.717) is 24.4 Å². The van der Waals surface area contributed by atoms with E-state index in [1.807, 2.05) is 35.2 Å². The molecule has 1 N–H and O–H groups in total. The SMILES string of the molecule is Cc1ccccc1CN1CCc2c(OCC(=O)NC3CCCCC3)cccc2C1=O. The molecule has 158 valence electrons. The monoisotopic (exact) mass is 406 g/mol. The van der Waals surface area contributed by atoms with Gasteiger partial charge in [0.2, 0.25) is 0 Å². The van der Waals surface area contributed by atoms with Crippen LogP contribution in [0.15, 0.2) is 42.5 Å². The molecular formula is C25H30N2O3. The van der Waals surface area contributed by atoms with E-state index in [4.69, 9.17) is 4.74 Å². The predicted octanol–water partition coefficient (Wildman–Crippen LogP) is 4.02. The summed E-state index contributed by atoms with van der Waals surface area (Å²) in [6.45, 7) is 3.32. The molecule has 0 radical (unpaired) electrons. The molecular weight excluding hydrogens is 376 g/mol. The molecule has 5 heteroatoms. The molecule has 0 spiro atoms. The van der Waals surface area contributed by atoms with E-state index in [1.165, 1.54) is 30.4 Å². The zero-order valence-electron chi connectivity index (χ0n) is 17.7. The van der Waals surface area contributed by atoms with E-state index in [1.54, 1.807) is 0 Å². The molecule has 1 aliphatic heterocycles. The fourth-order valence-corrected chi connectivity index (χ4v) is 4.48. The summed E-state index contributed by atoms with van der Waals surface area (Å²) in [7, 11) is 0. The summed E-state index contributed by atoms with van der Waals surface area (Å²) in [5.74, 6) is 0.592. The Hall–Kier alpha value is -2.82. The molecule has 2 aromatic rings. The van der Waals surface area contributed by atoms with Crippen molar-refractivity contribution in [2.75, 3.05) is 13.2 Å². The van der Waals surface area contributed by atoms with E-state index in [2.05, 4.69) is 24.4 Å². The highest BCUT2D eigenvalue weighted by Gasteiger charge is 2.27. The predicted molar refractivity (Wildman–Crippen MR) is 117 cm³/mol. The van der Waals surface area contributed by atoms with Crippen LogP contribution in [0.1, 0.15) is 59.2 Å². The maximum absolute atomic E-state index is 13.1. The van der Waals surface area contributed by atoms with Gasteiger partial charge in [-0.05, 0) is 49.4 Å². The lowest BCUT2D eigenvalue weighted by atomic mass is 9.95.